The van der Waals surface area contributed by atoms with Crippen molar-refractivity contribution in [3.63, 3.8) is 0 Å². The maximum atomic E-state index is 12.6. The number of hydrogen-bond acceptors (Lipinski definition) is 4. The molecule has 1 N–H and O–H groups in total. The van der Waals surface area contributed by atoms with Crippen LogP contribution in [0.5, 0.6) is 11.5 Å². The zero-order chi connectivity index (χ0) is 20.1. The Morgan fingerprint density at radius 2 is 1.57 bits per heavy atom. The number of phenolic OH excluding ortho intramolecular Hbond substituents is 1. The van der Waals surface area contributed by atoms with Gasteiger partial charge >= 0.3 is 0 Å². The summed E-state index contributed by atoms with van der Waals surface area (Å²) in [5, 5.41) is 9.96. The minimum absolute atomic E-state index is 0.0443. The van der Waals surface area contributed by atoms with Crippen LogP contribution >= 0.6 is 11.6 Å². The highest BCUT2D eigenvalue weighted by molar-refractivity contribution is 6.30. The fourth-order valence-corrected chi connectivity index (χ4v) is 3.23. The predicted molar refractivity (Wildman–Crippen MR) is 107 cm³/mol. The van der Waals surface area contributed by atoms with Crippen molar-refractivity contribution in [1.29, 1.82) is 0 Å². The average molecular weight is 403 g/mol. The quantitative estimate of drug-likeness (QED) is 0.834. The van der Waals surface area contributed by atoms with E-state index >= 15 is 0 Å². The van der Waals surface area contributed by atoms with Crippen LogP contribution in [0.1, 0.15) is 12.5 Å². The molecule has 1 heterocycles. The van der Waals surface area contributed by atoms with Gasteiger partial charge in [0.2, 0.25) is 5.91 Å². The highest BCUT2D eigenvalue weighted by atomic mass is 35.5. The summed E-state index contributed by atoms with van der Waals surface area (Å²) in [5.74, 6) is 0.599. The molecule has 7 heteroatoms. The first-order chi connectivity index (χ1) is 13.4. The monoisotopic (exact) mass is 402 g/mol. The lowest BCUT2D eigenvalue weighted by Gasteiger charge is -2.36. The lowest BCUT2D eigenvalue weighted by molar-refractivity contribution is -0.143. The van der Waals surface area contributed by atoms with Crippen LogP contribution in [0.4, 0.5) is 0 Å². The fourth-order valence-electron chi connectivity index (χ4n) is 3.10. The molecule has 2 aromatic carbocycles. The van der Waals surface area contributed by atoms with Crippen molar-refractivity contribution in [3.05, 3.63) is 59.1 Å². The number of piperazine rings is 1. The van der Waals surface area contributed by atoms with Crippen molar-refractivity contribution < 1.29 is 19.4 Å². The molecule has 6 nitrogen and oxygen atoms in total. The van der Waals surface area contributed by atoms with Gasteiger partial charge in [-0.05, 0) is 48.9 Å². The summed E-state index contributed by atoms with van der Waals surface area (Å²) in [6, 6.07) is 13.5. The molecule has 1 fully saturated rings. The molecule has 2 amide bonds. The summed E-state index contributed by atoms with van der Waals surface area (Å²) >= 11 is 5.87. The number of nitrogens with zero attached hydrogens (tertiary/aromatic N) is 2. The maximum Gasteiger partial charge on any atom is 0.263 e. The van der Waals surface area contributed by atoms with Gasteiger partial charge in [-0.25, -0.2) is 0 Å². The van der Waals surface area contributed by atoms with Crippen LogP contribution < -0.4 is 4.74 Å². The van der Waals surface area contributed by atoms with Gasteiger partial charge in [0.05, 0.1) is 6.42 Å². The smallest absolute Gasteiger partial charge is 0.263 e. The number of aromatic hydroxyl groups is 1. The van der Waals surface area contributed by atoms with Gasteiger partial charge < -0.3 is 19.6 Å². The maximum absolute atomic E-state index is 12.6. The van der Waals surface area contributed by atoms with Gasteiger partial charge in [-0.1, -0.05) is 23.7 Å². The van der Waals surface area contributed by atoms with E-state index in [0.29, 0.717) is 43.4 Å². The Morgan fingerprint density at radius 1 is 1.00 bits per heavy atom. The molecule has 1 aliphatic rings. The van der Waals surface area contributed by atoms with Crippen molar-refractivity contribution in [2.75, 3.05) is 26.2 Å². The van der Waals surface area contributed by atoms with Crippen molar-refractivity contribution >= 4 is 23.4 Å². The van der Waals surface area contributed by atoms with Gasteiger partial charge in [-0.3, -0.25) is 9.59 Å². The van der Waals surface area contributed by atoms with Crippen molar-refractivity contribution in [2.24, 2.45) is 0 Å². The van der Waals surface area contributed by atoms with E-state index in [2.05, 4.69) is 0 Å². The molecule has 0 aromatic heterocycles. The highest BCUT2D eigenvalue weighted by Crippen LogP contribution is 2.18. The first-order valence-electron chi connectivity index (χ1n) is 9.19. The second kappa shape index (κ2) is 8.97. The molecule has 0 aliphatic carbocycles. The molecule has 28 heavy (non-hydrogen) atoms. The van der Waals surface area contributed by atoms with Gasteiger partial charge in [0, 0.05) is 31.2 Å². The van der Waals surface area contributed by atoms with Crippen LogP contribution in [0.2, 0.25) is 5.02 Å². The lowest BCUT2D eigenvalue weighted by atomic mass is 10.1. The van der Waals surface area contributed by atoms with E-state index in [1.165, 1.54) is 12.1 Å². The van der Waals surface area contributed by atoms with Gasteiger partial charge in [-0.15, -0.1) is 0 Å². The number of ether oxygens (including phenoxy) is 1. The van der Waals surface area contributed by atoms with Crippen LogP contribution in [-0.2, 0) is 16.0 Å². The Labute approximate surface area is 169 Å². The van der Waals surface area contributed by atoms with Crippen molar-refractivity contribution in [1.82, 2.24) is 9.80 Å². The fraction of sp³-hybridized carbons (Fsp3) is 0.333. The number of hydrogen-bond donors (Lipinski definition) is 1. The Hall–Kier alpha value is -2.73. The largest absolute Gasteiger partial charge is 0.508 e. The Kier molecular flexibility index (Phi) is 6.41. The summed E-state index contributed by atoms with van der Waals surface area (Å²) < 4.78 is 5.65. The molecule has 2 aromatic rings. The molecule has 0 bridgehead atoms. The zero-order valence-corrected chi connectivity index (χ0v) is 16.4. The summed E-state index contributed by atoms with van der Waals surface area (Å²) in [4.78, 5) is 28.6. The van der Waals surface area contributed by atoms with Crippen LogP contribution in [0.15, 0.2) is 48.5 Å². The van der Waals surface area contributed by atoms with E-state index in [1.807, 2.05) is 12.1 Å². The van der Waals surface area contributed by atoms with E-state index in [-0.39, 0.29) is 17.6 Å². The average Bonchev–Trinajstić information content (AvgIpc) is 2.71. The van der Waals surface area contributed by atoms with E-state index in [0.717, 1.165) is 5.56 Å². The lowest BCUT2D eigenvalue weighted by Crippen LogP contribution is -2.53. The van der Waals surface area contributed by atoms with Crippen LogP contribution in [0, 0.1) is 0 Å². The van der Waals surface area contributed by atoms with Gasteiger partial charge in [-0.2, -0.15) is 0 Å². The van der Waals surface area contributed by atoms with Crippen LogP contribution in [-0.4, -0.2) is 59.0 Å². The summed E-state index contributed by atoms with van der Waals surface area (Å²) in [6.07, 6.45) is -0.313. The molecular weight excluding hydrogens is 380 g/mol. The van der Waals surface area contributed by atoms with Crippen molar-refractivity contribution in [2.45, 2.75) is 19.4 Å². The zero-order valence-electron chi connectivity index (χ0n) is 15.7. The summed E-state index contributed by atoms with van der Waals surface area (Å²) in [5.41, 5.74) is 0.920. The van der Waals surface area contributed by atoms with Crippen molar-refractivity contribution in [3.8, 4) is 11.5 Å². The molecule has 0 radical (unpaired) electrons. The number of benzene rings is 2. The first-order valence-corrected chi connectivity index (χ1v) is 9.57. The minimum Gasteiger partial charge on any atom is -0.508 e. The van der Waals surface area contributed by atoms with E-state index in [4.69, 9.17) is 16.3 Å². The molecule has 3 rings (SSSR count). The second-order valence-corrected chi connectivity index (χ2v) is 7.20. The Balaban J connectivity index is 1.48. The SMILES string of the molecule is CC(Oc1ccc(O)cc1)C(=O)N1CCN(C(=O)Cc2ccc(Cl)cc2)CC1. The third-order valence-electron chi connectivity index (χ3n) is 4.71. The number of halogens is 1. The highest BCUT2D eigenvalue weighted by Gasteiger charge is 2.27. The molecular formula is C21H23ClN2O4. The van der Waals surface area contributed by atoms with Crippen LogP contribution in [0.25, 0.3) is 0 Å². The number of carbonyl (C=O) groups is 2. The normalized spacial score (nSPS) is 15.2. The standard InChI is InChI=1S/C21H23ClN2O4/c1-15(28-19-8-6-18(25)7-9-19)21(27)24-12-10-23(11-13-24)20(26)14-16-2-4-17(22)5-3-16/h2-9,15,25H,10-14H2,1H3. The number of amides is 2. The molecule has 0 saturated carbocycles. The topological polar surface area (TPSA) is 70.1 Å². The summed E-state index contributed by atoms with van der Waals surface area (Å²) in [6.45, 7) is 3.67. The Morgan fingerprint density at radius 3 is 2.18 bits per heavy atom. The van der Waals surface area contributed by atoms with Gasteiger partial charge in [0.25, 0.3) is 5.91 Å². The van der Waals surface area contributed by atoms with Gasteiger partial charge in [0.15, 0.2) is 6.10 Å². The molecule has 0 spiro atoms. The van der Waals surface area contributed by atoms with E-state index < -0.39 is 6.10 Å². The third-order valence-corrected chi connectivity index (χ3v) is 4.96. The minimum atomic E-state index is -0.638. The van der Waals surface area contributed by atoms with E-state index in [9.17, 15) is 14.7 Å². The number of phenols is 1. The van der Waals surface area contributed by atoms with Gasteiger partial charge in [0.1, 0.15) is 11.5 Å². The Bertz CT molecular complexity index is 815. The second-order valence-electron chi connectivity index (χ2n) is 6.76. The third kappa shape index (κ3) is 5.16. The summed E-state index contributed by atoms with van der Waals surface area (Å²) in [7, 11) is 0. The van der Waals surface area contributed by atoms with E-state index in [1.54, 1.807) is 41.0 Å². The molecule has 1 unspecified atom stereocenters. The molecule has 1 saturated heterocycles. The molecule has 1 aliphatic heterocycles. The molecule has 148 valence electrons. The predicted octanol–water partition coefficient (Wildman–Crippen LogP) is 2.73. The first kappa shape index (κ1) is 20.0. The van der Waals surface area contributed by atoms with Crippen LogP contribution in [0.3, 0.4) is 0 Å². The number of rotatable bonds is 5. The molecule has 1 atom stereocenters. The number of carbonyl (C=O) groups excluding carboxylic acids is 2.